The summed E-state index contributed by atoms with van der Waals surface area (Å²) in [7, 11) is -4.08. The fourth-order valence-corrected chi connectivity index (χ4v) is 2.53. The second-order valence-corrected chi connectivity index (χ2v) is 5.33. The first-order chi connectivity index (χ1) is 7.74. The van der Waals surface area contributed by atoms with Gasteiger partial charge in [-0.25, -0.2) is 17.5 Å². The number of rotatable bonds is 4. The molecule has 0 saturated carbocycles. The molecule has 0 heterocycles. The molecule has 1 aromatic rings. The molecule has 0 atom stereocenters. The van der Waals surface area contributed by atoms with Crippen molar-refractivity contribution < 1.29 is 17.7 Å². The Morgan fingerprint density at radius 2 is 2.00 bits per heavy atom. The fraction of sp³-hybridized carbons (Fsp3) is 0.333. The van der Waals surface area contributed by atoms with Gasteiger partial charge in [0, 0.05) is 18.2 Å². The molecular formula is C9H11FN2O4S. The normalized spacial score (nSPS) is 11.8. The van der Waals surface area contributed by atoms with Gasteiger partial charge in [0.15, 0.2) is 0 Å². The molecule has 0 aliphatic carbocycles. The Bertz CT molecular complexity index is 542. The molecule has 0 aliphatic rings. The summed E-state index contributed by atoms with van der Waals surface area (Å²) in [5, 5.41) is 10.5. The van der Waals surface area contributed by atoms with E-state index in [2.05, 4.69) is 4.72 Å². The third kappa shape index (κ3) is 3.21. The molecule has 6 nitrogen and oxygen atoms in total. The third-order valence-electron chi connectivity index (χ3n) is 1.81. The lowest BCUT2D eigenvalue weighted by Gasteiger charge is -2.09. The van der Waals surface area contributed by atoms with E-state index in [-0.39, 0.29) is 0 Å². The molecule has 0 spiro atoms. The number of nitrogens with zero attached hydrogens (tertiary/aromatic N) is 1. The number of nitrogens with one attached hydrogen (secondary N) is 1. The summed E-state index contributed by atoms with van der Waals surface area (Å²) in [6.45, 7) is 3.12. The van der Waals surface area contributed by atoms with Crippen molar-refractivity contribution in [3.05, 3.63) is 34.1 Å². The lowest BCUT2D eigenvalue weighted by molar-refractivity contribution is -0.385. The minimum absolute atomic E-state index is 0.432. The van der Waals surface area contributed by atoms with Crippen LogP contribution in [0.1, 0.15) is 13.8 Å². The maximum Gasteiger partial charge on any atom is 0.270 e. The van der Waals surface area contributed by atoms with Gasteiger partial charge < -0.3 is 0 Å². The van der Waals surface area contributed by atoms with Gasteiger partial charge >= 0.3 is 0 Å². The van der Waals surface area contributed by atoms with Crippen LogP contribution in [0.3, 0.4) is 0 Å². The fourth-order valence-electron chi connectivity index (χ4n) is 1.19. The van der Waals surface area contributed by atoms with E-state index in [9.17, 15) is 22.9 Å². The summed E-state index contributed by atoms with van der Waals surface area (Å²) in [5.74, 6) is -1.02. The highest BCUT2D eigenvalue weighted by Crippen LogP contribution is 2.21. The van der Waals surface area contributed by atoms with Crippen LogP contribution in [0.4, 0.5) is 10.1 Å². The molecule has 1 N–H and O–H groups in total. The van der Waals surface area contributed by atoms with E-state index in [1.807, 2.05) is 0 Å². The number of hydrogen-bond acceptors (Lipinski definition) is 4. The number of nitro benzene ring substituents is 1. The molecule has 0 bridgehead atoms. The van der Waals surface area contributed by atoms with E-state index in [1.165, 1.54) is 0 Å². The van der Waals surface area contributed by atoms with Crippen molar-refractivity contribution in [2.45, 2.75) is 24.8 Å². The van der Waals surface area contributed by atoms with Crippen LogP contribution in [-0.2, 0) is 10.0 Å². The van der Waals surface area contributed by atoms with Crippen molar-refractivity contribution in [2.24, 2.45) is 0 Å². The van der Waals surface area contributed by atoms with E-state index in [0.717, 1.165) is 12.1 Å². The van der Waals surface area contributed by atoms with Crippen LogP contribution in [0.25, 0.3) is 0 Å². The van der Waals surface area contributed by atoms with Crippen LogP contribution in [0.15, 0.2) is 23.1 Å². The lowest BCUT2D eigenvalue weighted by atomic mass is 10.3. The molecule has 17 heavy (non-hydrogen) atoms. The first-order valence-electron chi connectivity index (χ1n) is 4.70. The van der Waals surface area contributed by atoms with Gasteiger partial charge in [-0.3, -0.25) is 10.1 Å². The van der Waals surface area contributed by atoms with Crippen molar-refractivity contribution in [2.75, 3.05) is 0 Å². The second-order valence-electron chi connectivity index (χ2n) is 3.65. The van der Waals surface area contributed by atoms with Gasteiger partial charge in [-0.15, -0.1) is 0 Å². The van der Waals surface area contributed by atoms with Gasteiger partial charge in [0.05, 0.1) is 4.92 Å². The minimum Gasteiger partial charge on any atom is -0.258 e. The Balaban J connectivity index is 3.30. The number of non-ortho nitro benzene ring substituents is 1. The SMILES string of the molecule is CC(C)NS(=O)(=O)c1cc([N+](=O)[O-])ccc1F. The van der Waals surface area contributed by atoms with Gasteiger partial charge in [-0.05, 0) is 19.9 Å². The average molecular weight is 262 g/mol. The smallest absolute Gasteiger partial charge is 0.258 e. The zero-order chi connectivity index (χ0) is 13.2. The maximum absolute atomic E-state index is 13.3. The summed E-state index contributed by atoms with van der Waals surface area (Å²) < 4.78 is 38.8. The molecule has 0 amide bonds. The van der Waals surface area contributed by atoms with Crippen LogP contribution in [0.5, 0.6) is 0 Å². The highest BCUT2D eigenvalue weighted by Gasteiger charge is 2.23. The summed E-state index contributed by atoms with van der Waals surface area (Å²) in [5.41, 5.74) is -0.476. The molecule has 8 heteroatoms. The van der Waals surface area contributed by atoms with Gasteiger partial charge in [-0.2, -0.15) is 0 Å². The van der Waals surface area contributed by atoms with E-state index >= 15 is 0 Å². The predicted molar refractivity (Wildman–Crippen MR) is 58.5 cm³/mol. The van der Waals surface area contributed by atoms with Gasteiger partial charge in [-0.1, -0.05) is 0 Å². The molecule has 0 radical (unpaired) electrons. The molecule has 94 valence electrons. The monoisotopic (exact) mass is 262 g/mol. The topological polar surface area (TPSA) is 89.3 Å². The Hall–Kier alpha value is -1.54. The predicted octanol–water partition coefficient (Wildman–Crippen LogP) is 1.42. The van der Waals surface area contributed by atoms with Crippen molar-refractivity contribution in [1.82, 2.24) is 4.72 Å². The molecule has 0 aliphatic heterocycles. The number of hydrogen-bond donors (Lipinski definition) is 1. The zero-order valence-electron chi connectivity index (χ0n) is 9.18. The molecule has 0 saturated heterocycles. The van der Waals surface area contributed by atoms with Gasteiger partial charge in [0.25, 0.3) is 5.69 Å². The minimum atomic E-state index is -4.08. The summed E-state index contributed by atoms with van der Waals surface area (Å²) in [4.78, 5) is 8.98. The molecule has 1 aromatic carbocycles. The summed E-state index contributed by atoms with van der Waals surface area (Å²) in [6.07, 6.45) is 0. The van der Waals surface area contributed by atoms with Crippen LogP contribution in [0, 0.1) is 15.9 Å². The first kappa shape index (κ1) is 13.5. The third-order valence-corrected chi connectivity index (χ3v) is 3.48. The largest absolute Gasteiger partial charge is 0.270 e. The standard InChI is InChI=1S/C9H11FN2O4S/c1-6(2)11-17(15,16)9-5-7(12(13)14)3-4-8(9)10/h3-6,11H,1-2H3. The maximum atomic E-state index is 13.3. The van der Waals surface area contributed by atoms with Crippen LogP contribution >= 0.6 is 0 Å². The van der Waals surface area contributed by atoms with E-state index in [4.69, 9.17) is 0 Å². The Morgan fingerprint density at radius 3 is 2.47 bits per heavy atom. The molecule has 1 rings (SSSR count). The average Bonchev–Trinajstić information content (AvgIpc) is 2.15. The van der Waals surface area contributed by atoms with Crippen LogP contribution in [-0.4, -0.2) is 19.4 Å². The number of benzene rings is 1. The van der Waals surface area contributed by atoms with E-state index in [0.29, 0.717) is 6.07 Å². The summed E-state index contributed by atoms with van der Waals surface area (Å²) >= 11 is 0. The van der Waals surface area contributed by atoms with Crippen LogP contribution in [0.2, 0.25) is 0 Å². The first-order valence-corrected chi connectivity index (χ1v) is 6.18. The highest BCUT2D eigenvalue weighted by molar-refractivity contribution is 7.89. The lowest BCUT2D eigenvalue weighted by Crippen LogP contribution is -2.30. The molecule has 0 unspecified atom stereocenters. The van der Waals surface area contributed by atoms with Gasteiger partial charge in [0.1, 0.15) is 10.7 Å². The molecule has 0 fully saturated rings. The molecular weight excluding hydrogens is 251 g/mol. The Labute approximate surface area is 97.7 Å². The Morgan fingerprint density at radius 1 is 1.41 bits per heavy atom. The van der Waals surface area contributed by atoms with Crippen LogP contribution < -0.4 is 4.72 Å². The van der Waals surface area contributed by atoms with E-state index < -0.39 is 37.4 Å². The van der Waals surface area contributed by atoms with Gasteiger partial charge in [0.2, 0.25) is 10.0 Å². The second kappa shape index (κ2) is 4.76. The quantitative estimate of drug-likeness (QED) is 0.656. The van der Waals surface area contributed by atoms with Crippen molar-refractivity contribution in [3.63, 3.8) is 0 Å². The Kier molecular flexibility index (Phi) is 3.79. The molecule has 0 aromatic heterocycles. The number of sulfonamides is 1. The summed E-state index contributed by atoms with van der Waals surface area (Å²) in [6, 6.07) is 1.93. The number of nitro groups is 1. The number of halogens is 1. The zero-order valence-corrected chi connectivity index (χ0v) is 9.99. The van der Waals surface area contributed by atoms with Crippen molar-refractivity contribution >= 4 is 15.7 Å². The highest BCUT2D eigenvalue weighted by atomic mass is 32.2. The van der Waals surface area contributed by atoms with Crippen molar-refractivity contribution in [1.29, 1.82) is 0 Å². The van der Waals surface area contributed by atoms with E-state index in [1.54, 1.807) is 13.8 Å². The van der Waals surface area contributed by atoms with Crippen molar-refractivity contribution in [3.8, 4) is 0 Å².